The molecule has 0 fully saturated rings. The van der Waals surface area contributed by atoms with Gasteiger partial charge in [-0.1, -0.05) is 5.16 Å². The third-order valence-corrected chi connectivity index (χ3v) is 0.965. The fourth-order valence-corrected chi connectivity index (χ4v) is 0.312. The highest BCUT2D eigenvalue weighted by molar-refractivity contribution is 6.51. The van der Waals surface area contributed by atoms with Gasteiger partial charge in [0.2, 0.25) is 0 Å². The molecule has 0 aliphatic rings. The van der Waals surface area contributed by atoms with E-state index in [0.717, 1.165) is 0 Å². The topological polar surface area (TPSA) is 45.0 Å². The predicted octanol–water partition coefficient (Wildman–Crippen LogP) is 1.22. The third-order valence-electron chi connectivity index (χ3n) is 0.965. The van der Waals surface area contributed by atoms with Crippen molar-refractivity contribution in [2.24, 2.45) is 10.1 Å². The zero-order valence-corrected chi connectivity index (χ0v) is 5.67. The van der Waals surface area contributed by atoms with Crippen LogP contribution in [0.2, 0.25) is 0 Å². The Balaban J connectivity index is 4.20. The first-order chi connectivity index (χ1) is 4.57. The van der Waals surface area contributed by atoms with Crippen LogP contribution >= 0.6 is 0 Å². The lowest BCUT2D eigenvalue weighted by atomic mass is 10.2. The fraction of sp³-hybridized carbons (Fsp3) is 0.500. The molecule has 0 aromatic heterocycles. The van der Waals surface area contributed by atoms with E-state index in [0.29, 0.717) is 0 Å². The summed E-state index contributed by atoms with van der Waals surface area (Å²) >= 11 is 0. The van der Waals surface area contributed by atoms with Crippen molar-refractivity contribution in [1.82, 2.24) is 0 Å². The number of hydrogen-bond donors (Lipinski definition) is 1. The van der Waals surface area contributed by atoms with Gasteiger partial charge >= 0.3 is 7.40 Å². The summed E-state index contributed by atoms with van der Waals surface area (Å²) in [6, 6.07) is 0. The molecule has 0 aromatic carbocycles. The Hall–Kier alpha value is -0.935. The van der Waals surface area contributed by atoms with E-state index in [1.54, 1.807) is 0 Å². The molecule has 0 saturated heterocycles. The van der Waals surface area contributed by atoms with Gasteiger partial charge in [-0.05, 0) is 13.8 Å². The highest BCUT2D eigenvalue weighted by Crippen LogP contribution is 1.91. The van der Waals surface area contributed by atoms with Gasteiger partial charge in [0.05, 0.1) is 5.71 Å². The normalized spacial score (nSPS) is 13.6. The molecule has 56 valence electrons. The van der Waals surface area contributed by atoms with E-state index >= 15 is 0 Å². The second-order valence-corrected chi connectivity index (χ2v) is 1.68. The summed E-state index contributed by atoms with van der Waals surface area (Å²) in [5.41, 5.74) is 0.137. The third kappa shape index (κ3) is 3.16. The SMILES string of the molecule is CC(=N\O)/C(C)=N/B(F)F. The Morgan fingerprint density at radius 2 is 1.80 bits per heavy atom. The van der Waals surface area contributed by atoms with Crippen molar-refractivity contribution in [2.75, 3.05) is 0 Å². The minimum atomic E-state index is -2.74. The summed E-state index contributed by atoms with van der Waals surface area (Å²) < 4.78 is 22.9. The molecule has 0 bridgehead atoms. The molecule has 0 radical (unpaired) electrons. The molecular formula is C4H7BF2N2O. The Morgan fingerprint density at radius 3 is 2.10 bits per heavy atom. The molecule has 1 N–H and O–H groups in total. The molecule has 6 heteroatoms. The maximum absolute atomic E-state index is 11.5. The fourth-order valence-electron chi connectivity index (χ4n) is 0.312. The molecule has 0 unspecified atom stereocenters. The van der Waals surface area contributed by atoms with Crippen LogP contribution in [0.5, 0.6) is 0 Å². The van der Waals surface area contributed by atoms with Crippen LogP contribution in [-0.4, -0.2) is 24.0 Å². The van der Waals surface area contributed by atoms with Gasteiger partial charge < -0.3 is 5.21 Å². The van der Waals surface area contributed by atoms with Crippen molar-refractivity contribution in [1.29, 1.82) is 0 Å². The Morgan fingerprint density at radius 1 is 1.30 bits per heavy atom. The molecule has 0 aliphatic carbocycles. The van der Waals surface area contributed by atoms with E-state index in [9.17, 15) is 8.63 Å². The van der Waals surface area contributed by atoms with Gasteiger partial charge in [-0.15, -0.1) is 0 Å². The second-order valence-electron chi connectivity index (χ2n) is 1.68. The van der Waals surface area contributed by atoms with Crippen LogP contribution in [0.1, 0.15) is 13.8 Å². The van der Waals surface area contributed by atoms with E-state index < -0.39 is 7.40 Å². The molecule has 0 aliphatic heterocycles. The quantitative estimate of drug-likeness (QED) is 0.272. The van der Waals surface area contributed by atoms with E-state index in [1.165, 1.54) is 13.8 Å². The summed E-state index contributed by atoms with van der Waals surface area (Å²) in [6.45, 7) is 2.74. The molecule has 0 amide bonds. The summed E-state index contributed by atoms with van der Waals surface area (Å²) in [4.78, 5) is 2.84. The van der Waals surface area contributed by atoms with E-state index in [1.807, 2.05) is 0 Å². The predicted molar refractivity (Wildman–Crippen MR) is 36.0 cm³/mol. The lowest BCUT2D eigenvalue weighted by molar-refractivity contribution is 0.320. The van der Waals surface area contributed by atoms with Gasteiger partial charge in [0.1, 0.15) is 0 Å². The number of nitrogens with zero attached hydrogens (tertiary/aromatic N) is 2. The van der Waals surface area contributed by atoms with Gasteiger partial charge in [0, 0.05) is 5.71 Å². The van der Waals surface area contributed by atoms with Gasteiger partial charge in [0.25, 0.3) is 0 Å². The summed E-state index contributed by atoms with van der Waals surface area (Å²) in [6.07, 6.45) is 0. The Bertz CT molecular complexity index is 169. The zero-order valence-electron chi connectivity index (χ0n) is 5.67. The minimum Gasteiger partial charge on any atom is -0.411 e. The monoisotopic (exact) mass is 148 g/mol. The molecule has 0 rings (SSSR count). The van der Waals surface area contributed by atoms with Crippen molar-refractivity contribution in [3.8, 4) is 0 Å². The zero-order chi connectivity index (χ0) is 8.15. The largest absolute Gasteiger partial charge is 0.692 e. The molecule has 0 spiro atoms. The van der Waals surface area contributed by atoms with Crippen molar-refractivity contribution in [3.05, 3.63) is 0 Å². The van der Waals surface area contributed by atoms with Crippen LogP contribution in [0.25, 0.3) is 0 Å². The van der Waals surface area contributed by atoms with Gasteiger partial charge in [-0.2, -0.15) is 0 Å². The number of halogens is 2. The molecular weight excluding hydrogens is 141 g/mol. The van der Waals surface area contributed by atoms with Crippen LogP contribution in [0.15, 0.2) is 10.1 Å². The first kappa shape index (κ1) is 9.06. The van der Waals surface area contributed by atoms with Crippen LogP contribution in [0.3, 0.4) is 0 Å². The van der Waals surface area contributed by atoms with Crippen LogP contribution in [0.4, 0.5) is 8.63 Å². The first-order valence-corrected chi connectivity index (χ1v) is 2.59. The molecule has 10 heavy (non-hydrogen) atoms. The van der Waals surface area contributed by atoms with E-state index in [2.05, 4.69) is 10.1 Å². The maximum atomic E-state index is 11.5. The maximum Gasteiger partial charge on any atom is 0.692 e. The molecule has 0 aromatic rings. The minimum absolute atomic E-state index is 0.0394. The highest BCUT2D eigenvalue weighted by Gasteiger charge is 2.11. The molecule has 0 saturated carbocycles. The number of oxime groups is 1. The second kappa shape index (κ2) is 3.97. The average Bonchev–Trinajstić information content (AvgIpc) is 1.85. The number of hydrogen-bond acceptors (Lipinski definition) is 3. The summed E-state index contributed by atoms with van der Waals surface area (Å²) in [5.74, 6) is 0. The summed E-state index contributed by atoms with van der Waals surface area (Å²) in [5, 5.41) is 10.8. The lowest BCUT2D eigenvalue weighted by Crippen LogP contribution is -2.09. The first-order valence-electron chi connectivity index (χ1n) is 2.59. The van der Waals surface area contributed by atoms with Crippen LogP contribution in [0, 0.1) is 0 Å². The standard InChI is InChI=1S/C4H7BF2N2O/c1-3(4(2)9-10)8-5(6)7/h10H,1-2H3/b8-3+,9-4+. The van der Waals surface area contributed by atoms with E-state index in [4.69, 9.17) is 5.21 Å². The van der Waals surface area contributed by atoms with Gasteiger partial charge in [-0.3, -0.25) is 13.5 Å². The highest BCUT2D eigenvalue weighted by atomic mass is 19.2. The molecule has 0 heterocycles. The van der Waals surface area contributed by atoms with E-state index in [-0.39, 0.29) is 11.4 Å². The Labute approximate surface area is 57.6 Å². The van der Waals surface area contributed by atoms with Crippen molar-refractivity contribution >= 4 is 18.8 Å². The molecule has 3 nitrogen and oxygen atoms in total. The Kier molecular flexibility index (Phi) is 3.60. The molecule has 0 atom stereocenters. The van der Waals surface area contributed by atoms with Crippen LogP contribution < -0.4 is 0 Å². The van der Waals surface area contributed by atoms with Crippen molar-refractivity contribution < 1.29 is 13.8 Å². The number of rotatable bonds is 2. The van der Waals surface area contributed by atoms with Crippen molar-refractivity contribution in [3.63, 3.8) is 0 Å². The average molecular weight is 148 g/mol. The van der Waals surface area contributed by atoms with Crippen LogP contribution in [-0.2, 0) is 0 Å². The lowest BCUT2D eigenvalue weighted by Gasteiger charge is -1.93. The van der Waals surface area contributed by atoms with Gasteiger partial charge in [-0.25, -0.2) is 0 Å². The van der Waals surface area contributed by atoms with Gasteiger partial charge in [0.15, 0.2) is 0 Å². The smallest absolute Gasteiger partial charge is 0.411 e. The summed E-state index contributed by atoms with van der Waals surface area (Å²) in [7, 11) is -2.74. The van der Waals surface area contributed by atoms with Crippen molar-refractivity contribution in [2.45, 2.75) is 13.8 Å².